The van der Waals surface area contributed by atoms with Crippen molar-refractivity contribution in [1.29, 1.82) is 0 Å². The molecule has 1 saturated heterocycles. The maximum atomic E-state index is 12.1. The van der Waals surface area contributed by atoms with E-state index in [1.807, 2.05) is 19.1 Å². The fraction of sp³-hybridized carbons (Fsp3) is 0.429. The molecule has 0 radical (unpaired) electrons. The Morgan fingerprint density at radius 2 is 2.47 bits per heavy atom. The SMILES string of the molecule is C=C[C@@H]1OCC[C@H]1CNC(=O)c1nc(C)ccc1Br. The van der Waals surface area contributed by atoms with Gasteiger partial charge in [-0.1, -0.05) is 6.08 Å². The minimum Gasteiger partial charge on any atom is -0.374 e. The third kappa shape index (κ3) is 3.42. The molecule has 2 rings (SSSR count). The summed E-state index contributed by atoms with van der Waals surface area (Å²) in [5.74, 6) is 0.135. The van der Waals surface area contributed by atoms with E-state index in [1.165, 1.54) is 0 Å². The molecule has 1 aliphatic heterocycles. The lowest BCUT2D eigenvalue weighted by Gasteiger charge is -2.15. The van der Waals surface area contributed by atoms with Gasteiger partial charge in [0.1, 0.15) is 5.69 Å². The second kappa shape index (κ2) is 6.30. The van der Waals surface area contributed by atoms with E-state index in [-0.39, 0.29) is 12.0 Å². The summed E-state index contributed by atoms with van der Waals surface area (Å²) in [7, 11) is 0. The van der Waals surface area contributed by atoms with Crippen LogP contribution in [-0.4, -0.2) is 30.1 Å². The van der Waals surface area contributed by atoms with Gasteiger partial charge in [-0.2, -0.15) is 0 Å². The quantitative estimate of drug-likeness (QED) is 0.865. The van der Waals surface area contributed by atoms with E-state index in [4.69, 9.17) is 4.74 Å². The molecule has 4 nitrogen and oxygen atoms in total. The Bertz CT molecular complexity index is 490. The molecule has 2 heterocycles. The number of nitrogens with zero attached hydrogens (tertiary/aromatic N) is 1. The molecule has 0 bridgehead atoms. The van der Waals surface area contributed by atoms with Crippen LogP contribution in [-0.2, 0) is 4.74 Å². The fourth-order valence-corrected chi connectivity index (χ4v) is 2.54. The average molecular weight is 325 g/mol. The summed E-state index contributed by atoms with van der Waals surface area (Å²) in [6.45, 7) is 6.92. The van der Waals surface area contributed by atoms with E-state index < -0.39 is 0 Å². The number of hydrogen-bond acceptors (Lipinski definition) is 3. The second-order valence-electron chi connectivity index (χ2n) is 4.61. The van der Waals surface area contributed by atoms with Gasteiger partial charge in [0.25, 0.3) is 5.91 Å². The highest BCUT2D eigenvalue weighted by Gasteiger charge is 2.26. The summed E-state index contributed by atoms with van der Waals surface area (Å²) in [4.78, 5) is 16.3. The Labute approximate surface area is 121 Å². The van der Waals surface area contributed by atoms with Crippen molar-refractivity contribution in [1.82, 2.24) is 10.3 Å². The predicted octanol–water partition coefficient (Wildman–Crippen LogP) is 2.47. The van der Waals surface area contributed by atoms with Crippen molar-refractivity contribution in [3.05, 3.63) is 40.6 Å². The average Bonchev–Trinajstić information content (AvgIpc) is 2.86. The number of carbonyl (C=O) groups excluding carboxylic acids is 1. The normalized spacial score (nSPS) is 22.2. The monoisotopic (exact) mass is 324 g/mol. The first-order valence-corrected chi connectivity index (χ1v) is 7.06. The molecule has 0 spiro atoms. The van der Waals surface area contributed by atoms with Crippen LogP contribution in [0.1, 0.15) is 22.6 Å². The number of pyridine rings is 1. The van der Waals surface area contributed by atoms with E-state index in [1.54, 1.807) is 6.08 Å². The maximum absolute atomic E-state index is 12.1. The molecule has 0 saturated carbocycles. The van der Waals surface area contributed by atoms with Crippen molar-refractivity contribution in [2.75, 3.05) is 13.2 Å². The molecule has 1 N–H and O–H groups in total. The highest BCUT2D eigenvalue weighted by molar-refractivity contribution is 9.10. The maximum Gasteiger partial charge on any atom is 0.271 e. The molecule has 1 aromatic rings. The number of halogens is 1. The molecule has 1 aromatic heterocycles. The summed E-state index contributed by atoms with van der Waals surface area (Å²) in [6.07, 6.45) is 2.78. The lowest BCUT2D eigenvalue weighted by molar-refractivity contribution is 0.0926. The predicted molar refractivity (Wildman–Crippen MR) is 77.1 cm³/mol. The van der Waals surface area contributed by atoms with Gasteiger partial charge in [0.2, 0.25) is 0 Å². The number of ether oxygens (including phenoxy) is 1. The Hall–Kier alpha value is -1.20. The number of amides is 1. The van der Waals surface area contributed by atoms with Crippen LogP contribution >= 0.6 is 15.9 Å². The number of aromatic nitrogens is 1. The first-order chi connectivity index (χ1) is 9.11. The lowest BCUT2D eigenvalue weighted by Crippen LogP contribution is -2.33. The first kappa shape index (κ1) is 14.2. The van der Waals surface area contributed by atoms with Gasteiger partial charge in [-0.3, -0.25) is 4.79 Å². The molecule has 1 aliphatic rings. The Kier molecular flexibility index (Phi) is 4.71. The van der Waals surface area contributed by atoms with Gasteiger partial charge in [-0.05, 0) is 41.4 Å². The number of aryl methyl sites for hydroxylation is 1. The number of nitrogens with one attached hydrogen (secondary N) is 1. The zero-order valence-corrected chi connectivity index (χ0v) is 12.4. The van der Waals surface area contributed by atoms with Crippen molar-refractivity contribution >= 4 is 21.8 Å². The standard InChI is InChI=1S/C14H17BrN2O2/c1-3-12-10(6-7-19-12)8-16-14(18)13-11(15)5-4-9(2)17-13/h3-5,10,12H,1,6-8H2,2H3,(H,16,18)/t10-,12-/m0/s1. The molecular weight excluding hydrogens is 308 g/mol. The van der Waals surface area contributed by atoms with E-state index >= 15 is 0 Å². The zero-order chi connectivity index (χ0) is 13.8. The van der Waals surface area contributed by atoms with Crippen LogP contribution in [0.3, 0.4) is 0 Å². The minimum atomic E-state index is -0.162. The molecule has 19 heavy (non-hydrogen) atoms. The van der Waals surface area contributed by atoms with Gasteiger partial charge >= 0.3 is 0 Å². The second-order valence-corrected chi connectivity index (χ2v) is 5.47. The summed E-state index contributed by atoms with van der Waals surface area (Å²) in [5, 5.41) is 2.91. The van der Waals surface area contributed by atoms with Gasteiger partial charge in [0.05, 0.1) is 6.10 Å². The molecule has 0 aliphatic carbocycles. The molecule has 2 atom stereocenters. The molecule has 1 fully saturated rings. The molecule has 102 valence electrons. The number of hydrogen-bond donors (Lipinski definition) is 1. The Morgan fingerprint density at radius 1 is 1.68 bits per heavy atom. The first-order valence-electron chi connectivity index (χ1n) is 6.27. The van der Waals surface area contributed by atoms with Gasteiger partial charge < -0.3 is 10.1 Å². The summed E-state index contributed by atoms with van der Waals surface area (Å²) in [5.41, 5.74) is 1.25. The van der Waals surface area contributed by atoms with Crippen LogP contribution in [0.25, 0.3) is 0 Å². The van der Waals surface area contributed by atoms with Gasteiger partial charge in [-0.15, -0.1) is 6.58 Å². The Morgan fingerprint density at radius 3 is 3.21 bits per heavy atom. The molecule has 5 heteroatoms. The van der Waals surface area contributed by atoms with Crippen molar-refractivity contribution in [2.24, 2.45) is 5.92 Å². The number of carbonyl (C=O) groups is 1. The fourth-order valence-electron chi connectivity index (χ4n) is 2.14. The van der Waals surface area contributed by atoms with E-state index in [0.29, 0.717) is 22.6 Å². The topological polar surface area (TPSA) is 51.2 Å². The molecular formula is C14H17BrN2O2. The summed E-state index contributed by atoms with van der Waals surface area (Å²) < 4.78 is 6.21. The summed E-state index contributed by atoms with van der Waals surface area (Å²) in [6, 6.07) is 3.70. The van der Waals surface area contributed by atoms with Crippen LogP contribution in [0.2, 0.25) is 0 Å². The smallest absolute Gasteiger partial charge is 0.271 e. The van der Waals surface area contributed by atoms with Crippen molar-refractivity contribution in [3.63, 3.8) is 0 Å². The van der Waals surface area contributed by atoms with Crippen LogP contribution in [0.4, 0.5) is 0 Å². The van der Waals surface area contributed by atoms with Crippen LogP contribution in [0.15, 0.2) is 29.3 Å². The van der Waals surface area contributed by atoms with E-state index in [9.17, 15) is 4.79 Å². The molecule has 1 amide bonds. The van der Waals surface area contributed by atoms with E-state index in [0.717, 1.165) is 18.7 Å². The van der Waals surface area contributed by atoms with Crippen LogP contribution in [0, 0.1) is 12.8 Å². The third-order valence-corrected chi connectivity index (χ3v) is 3.86. The lowest BCUT2D eigenvalue weighted by atomic mass is 10.0. The minimum absolute atomic E-state index is 0.0363. The van der Waals surface area contributed by atoms with Gasteiger partial charge in [0, 0.05) is 29.2 Å². The zero-order valence-electron chi connectivity index (χ0n) is 10.9. The highest BCUT2D eigenvalue weighted by Crippen LogP contribution is 2.21. The van der Waals surface area contributed by atoms with Crippen molar-refractivity contribution in [3.8, 4) is 0 Å². The van der Waals surface area contributed by atoms with Crippen molar-refractivity contribution < 1.29 is 9.53 Å². The molecule has 0 aromatic carbocycles. The van der Waals surface area contributed by atoms with E-state index in [2.05, 4.69) is 32.8 Å². The van der Waals surface area contributed by atoms with Gasteiger partial charge in [0.15, 0.2) is 0 Å². The van der Waals surface area contributed by atoms with Crippen LogP contribution < -0.4 is 5.32 Å². The van der Waals surface area contributed by atoms with Gasteiger partial charge in [-0.25, -0.2) is 4.98 Å². The summed E-state index contributed by atoms with van der Waals surface area (Å²) >= 11 is 3.35. The highest BCUT2D eigenvalue weighted by atomic mass is 79.9. The number of rotatable bonds is 4. The third-order valence-electron chi connectivity index (χ3n) is 3.22. The van der Waals surface area contributed by atoms with Crippen LogP contribution in [0.5, 0.6) is 0 Å². The van der Waals surface area contributed by atoms with Crippen molar-refractivity contribution in [2.45, 2.75) is 19.4 Å². The Balaban J connectivity index is 1.97. The largest absolute Gasteiger partial charge is 0.374 e. The molecule has 0 unspecified atom stereocenters.